The molecule has 1 aromatic carbocycles. The molecule has 0 fully saturated rings. The number of para-hydroxylation sites is 1. The van der Waals surface area contributed by atoms with Crippen molar-refractivity contribution in [3.63, 3.8) is 0 Å². The van der Waals surface area contributed by atoms with Crippen LogP contribution in [0.2, 0.25) is 0 Å². The van der Waals surface area contributed by atoms with Crippen molar-refractivity contribution >= 4 is 11.3 Å². The summed E-state index contributed by atoms with van der Waals surface area (Å²) in [6.45, 7) is 4.83. The van der Waals surface area contributed by atoms with E-state index in [4.69, 9.17) is 10.5 Å². The van der Waals surface area contributed by atoms with E-state index in [0.29, 0.717) is 6.61 Å². The molecule has 0 bridgehead atoms. The third-order valence-corrected chi connectivity index (χ3v) is 3.78. The summed E-state index contributed by atoms with van der Waals surface area (Å²) < 4.78 is 5.99. The zero-order valence-corrected chi connectivity index (χ0v) is 12.4. The van der Waals surface area contributed by atoms with Gasteiger partial charge in [-0.3, -0.25) is 0 Å². The number of hydrogen-bond acceptors (Lipinski definition) is 3. The smallest absolute Gasteiger partial charge is 0.125 e. The molecule has 1 atom stereocenters. The quantitative estimate of drug-likeness (QED) is 0.874. The molecule has 1 heterocycles. The molecule has 0 radical (unpaired) electrons. The summed E-state index contributed by atoms with van der Waals surface area (Å²) in [6, 6.07) is 8.56. The van der Waals surface area contributed by atoms with Gasteiger partial charge in [0.25, 0.3) is 0 Å². The largest absolute Gasteiger partial charge is 0.493 e. The first-order valence-electron chi connectivity index (χ1n) is 6.64. The maximum atomic E-state index is 5.99. The van der Waals surface area contributed by atoms with Gasteiger partial charge in [-0.05, 0) is 53.8 Å². The van der Waals surface area contributed by atoms with Crippen molar-refractivity contribution in [2.45, 2.75) is 32.7 Å². The molecule has 0 saturated carbocycles. The highest BCUT2D eigenvalue weighted by atomic mass is 32.1. The molecule has 1 aromatic heterocycles. The lowest BCUT2D eigenvalue weighted by atomic mass is 10.0. The number of ether oxygens (including phenoxy) is 1. The first kappa shape index (κ1) is 14.1. The van der Waals surface area contributed by atoms with Crippen LogP contribution in [0.15, 0.2) is 35.0 Å². The molecule has 19 heavy (non-hydrogen) atoms. The molecule has 2 N–H and O–H groups in total. The van der Waals surface area contributed by atoms with Gasteiger partial charge in [0.2, 0.25) is 0 Å². The highest BCUT2D eigenvalue weighted by Crippen LogP contribution is 2.24. The molecule has 0 amide bonds. The molecule has 0 aliphatic rings. The summed E-state index contributed by atoms with van der Waals surface area (Å²) >= 11 is 1.73. The lowest BCUT2D eigenvalue weighted by molar-refractivity contribution is 0.316. The fourth-order valence-electron chi connectivity index (χ4n) is 2.13. The molecular formula is C16H21NOS. The first-order valence-corrected chi connectivity index (χ1v) is 7.59. The van der Waals surface area contributed by atoms with Gasteiger partial charge in [0, 0.05) is 12.5 Å². The highest BCUT2D eigenvalue weighted by molar-refractivity contribution is 7.07. The van der Waals surface area contributed by atoms with E-state index in [2.05, 4.69) is 41.9 Å². The Morgan fingerprint density at radius 3 is 2.84 bits per heavy atom. The van der Waals surface area contributed by atoms with Gasteiger partial charge in [0.1, 0.15) is 5.75 Å². The minimum Gasteiger partial charge on any atom is -0.493 e. The predicted molar refractivity (Wildman–Crippen MR) is 82.1 cm³/mol. The lowest BCUT2D eigenvalue weighted by Crippen LogP contribution is -2.18. The summed E-state index contributed by atoms with van der Waals surface area (Å²) in [5.41, 5.74) is 9.63. The summed E-state index contributed by atoms with van der Waals surface area (Å²) in [6.07, 6.45) is 1.81. The van der Waals surface area contributed by atoms with Crippen LogP contribution in [0.25, 0.3) is 0 Å². The molecule has 0 saturated heterocycles. The van der Waals surface area contributed by atoms with Crippen molar-refractivity contribution in [3.05, 3.63) is 51.7 Å². The molecule has 102 valence electrons. The van der Waals surface area contributed by atoms with Crippen LogP contribution in [0.1, 0.15) is 23.6 Å². The number of hydrogen-bond donors (Lipinski definition) is 1. The standard InChI is InChI=1S/C16H21NOS/c1-12-4-3-5-15(10-13(2)17)16(12)18-8-6-14-7-9-19-11-14/h3-5,7,9,11,13H,6,8,10,17H2,1-2H3. The molecule has 0 aliphatic heterocycles. The maximum absolute atomic E-state index is 5.99. The van der Waals surface area contributed by atoms with Crippen LogP contribution < -0.4 is 10.5 Å². The summed E-state index contributed by atoms with van der Waals surface area (Å²) in [4.78, 5) is 0. The van der Waals surface area contributed by atoms with E-state index in [1.54, 1.807) is 11.3 Å². The Labute approximate surface area is 119 Å². The normalized spacial score (nSPS) is 12.4. The Morgan fingerprint density at radius 2 is 2.16 bits per heavy atom. The third kappa shape index (κ3) is 4.08. The van der Waals surface area contributed by atoms with Gasteiger partial charge in [-0.2, -0.15) is 11.3 Å². The molecule has 2 rings (SSSR count). The molecule has 0 aliphatic carbocycles. The van der Waals surface area contributed by atoms with Gasteiger partial charge in [-0.25, -0.2) is 0 Å². The van der Waals surface area contributed by atoms with Crippen LogP contribution in [0.5, 0.6) is 5.75 Å². The minimum atomic E-state index is 0.154. The van der Waals surface area contributed by atoms with Crippen LogP contribution >= 0.6 is 11.3 Å². The molecule has 2 nitrogen and oxygen atoms in total. The summed E-state index contributed by atoms with van der Waals surface area (Å²) in [5, 5.41) is 4.27. The van der Waals surface area contributed by atoms with Crippen molar-refractivity contribution in [3.8, 4) is 5.75 Å². The van der Waals surface area contributed by atoms with Crippen LogP contribution in [0.4, 0.5) is 0 Å². The van der Waals surface area contributed by atoms with Crippen molar-refractivity contribution < 1.29 is 4.74 Å². The van der Waals surface area contributed by atoms with E-state index >= 15 is 0 Å². The molecule has 1 unspecified atom stereocenters. The van der Waals surface area contributed by atoms with Gasteiger partial charge in [0.15, 0.2) is 0 Å². The molecule has 0 spiro atoms. The SMILES string of the molecule is Cc1cccc(CC(C)N)c1OCCc1ccsc1. The van der Waals surface area contributed by atoms with Crippen molar-refractivity contribution in [2.24, 2.45) is 5.73 Å². The van der Waals surface area contributed by atoms with E-state index in [1.807, 2.05) is 6.92 Å². The summed E-state index contributed by atoms with van der Waals surface area (Å²) in [7, 11) is 0. The minimum absolute atomic E-state index is 0.154. The summed E-state index contributed by atoms with van der Waals surface area (Å²) in [5.74, 6) is 1.01. The fourth-order valence-corrected chi connectivity index (χ4v) is 2.84. The van der Waals surface area contributed by atoms with Crippen molar-refractivity contribution in [1.82, 2.24) is 0 Å². The number of nitrogens with two attached hydrogens (primary N) is 1. The van der Waals surface area contributed by atoms with Crippen LogP contribution in [-0.4, -0.2) is 12.6 Å². The monoisotopic (exact) mass is 275 g/mol. The Kier molecular flexibility index (Phi) is 5.00. The van der Waals surface area contributed by atoms with E-state index in [-0.39, 0.29) is 6.04 Å². The highest BCUT2D eigenvalue weighted by Gasteiger charge is 2.09. The van der Waals surface area contributed by atoms with Gasteiger partial charge in [0.05, 0.1) is 6.61 Å². The van der Waals surface area contributed by atoms with E-state index in [0.717, 1.165) is 18.6 Å². The predicted octanol–water partition coefficient (Wildman–Crippen LogP) is 3.57. The van der Waals surface area contributed by atoms with Crippen molar-refractivity contribution in [2.75, 3.05) is 6.61 Å². The van der Waals surface area contributed by atoms with Crippen LogP contribution in [0, 0.1) is 6.92 Å². The first-order chi connectivity index (χ1) is 9.16. The number of thiophene rings is 1. The van der Waals surface area contributed by atoms with Gasteiger partial charge in [-0.15, -0.1) is 0 Å². The topological polar surface area (TPSA) is 35.2 Å². The molecule has 2 aromatic rings. The third-order valence-electron chi connectivity index (χ3n) is 3.05. The zero-order valence-electron chi connectivity index (χ0n) is 11.6. The average Bonchev–Trinajstić information content (AvgIpc) is 2.85. The lowest BCUT2D eigenvalue weighted by Gasteiger charge is -2.15. The second kappa shape index (κ2) is 6.73. The number of aryl methyl sites for hydroxylation is 1. The van der Waals surface area contributed by atoms with Crippen LogP contribution in [0.3, 0.4) is 0 Å². The van der Waals surface area contributed by atoms with Gasteiger partial charge >= 0.3 is 0 Å². The second-order valence-corrected chi connectivity index (χ2v) is 5.75. The Morgan fingerprint density at radius 1 is 1.32 bits per heavy atom. The van der Waals surface area contributed by atoms with Crippen LogP contribution in [-0.2, 0) is 12.8 Å². The molecular weight excluding hydrogens is 254 g/mol. The Hall–Kier alpha value is -1.32. The number of benzene rings is 1. The van der Waals surface area contributed by atoms with E-state index < -0.39 is 0 Å². The van der Waals surface area contributed by atoms with Gasteiger partial charge in [-0.1, -0.05) is 18.2 Å². The van der Waals surface area contributed by atoms with Gasteiger partial charge < -0.3 is 10.5 Å². The maximum Gasteiger partial charge on any atom is 0.125 e. The Balaban J connectivity index is 2.01. The Bertz CT molecular complexity index is 505. The average molecular weight is 275 g/mol. The second-order valence-electron chi connectivity index (χ2n) is 4.97. The van der Waals surface area contributed by atoms with Crippen molar-refractivity contribution in [1.29, 1.82) is 0 Å². The zero-order chi connectivity index (χ0) is 13.7. The molecule has 3 heteroatoms. The van der Waals surface area contributed by atoms with E-state index in [1.165, 1.54) is 16.7 Å². The number of rotatable bonds is 6. The van der Waals surface area contributed by atoms with E-state index in [9.17, 15) is 0 Å². The fraction of sp³-hybridized carbons (Fsp3) is 0.375.